The van der Waals surface area contributed by atoms with Gasteiger partial charge in [0.1, 0.15) is 0 Å². The van der Waals surface area contributed by atoms with Crippen LogP contribution in [0.25, 0.3) is 0 Å². The number of aryl methyl sites for hydroxylation is 1. The van der Waals surface area contributed by atoms with Gasteiger partial charge in [-0.25, -0.2) is 0 Å². The zero-order valence-corrected chi connectivity index (χ0v) is 13.8. The molecule has 0 saturated heterocycles. The largest absolute Gasteiger partial charge is 0.493 e. The Labute approximate surface area is 137 Å². The van der Waals surface area contributed by atoms with Crippen molar-refractivity contribution in [2.75, 3.05) is 14.2 Å². The Morgan fingerprint density at radius 1 is 1.04 bits per heavy atom. The normalized spacial score (nSPS) is 11.6. The van der Waals surface area contributed by atoms with Gasteiger partial charge in [0.05, 0.1) is 14.2 Å². The van der Waals surface area contributed by atoms with E-state index < -0.39 is 0 Å². The molecule has 0 saturated carbocycles. The zero-order chi connectivity index (χ0) is 16.7. The first-order valence-corrected chi connectivity index (χ1v) is 7.71. The molecule has 122 valence electrons. The van der Waals surface area contributed by atoms with Crippen LogP contribution in [0.4, 0.5) is 0 Å². The number of ether oxygens (including phenoxy) is 2. The monoisotopic (exact) mass is 313 g/mol. The lowest BCUT2D eigenvalue weighted by atomic mass is 10.1. The van der Waals surface area contributed by atoms with E-state index in [1.807, 2.05) is 25.1 Å². The van der Waals surface area contributed by atoms with Crippen LogP contribution in [0.3, 0.4) is 0 Å². The van der Waals surface area contributed by atoms with Crippen molar-refractivity contribution >= 4 is 5.91 Å². The molecule has 2 aromatic rings. The number of amides is 1. The Kier molecular flexibility index (Phi) is 6.03. The van der Waals surface area contributed by atoms with Gasteiger partial charge in [-0.1, -0.05) is 30.3 Å². The summed E-state index contributed by atoms with van der Waals surface area (Å²) in [5, 5.41) is 3.02. The molecule has 2 aromatic carbocycles. The molecule has 0 fully saturated rings. The minimum absolute atomic E-state index is 0.0933. The topological polar surface area (TPSA) is 47.6 Å². The van der Waals surface area contributed by atoms with Crippen molar-refractivity contribution in [2.45, 2.75) is 25.8 Å². The predicted octanol–water partition coefficient (Wildman–Crippen LogP) is 3.45. The van der Waals surface area contributed by atoms with Crippen LogP contribution in [0.2, 0.25) is 0 Å². The predicted molar refractivity (Wildman–Crippen MR) is 91.2 cm³/mol. The molecular weight excluding hydrogens is 290 g/mol. The lowest BCUT2D eigenvalue weighted by molar-refractivity contribution is 0.0938. The maximum atomic E-state index is 12.3. The molecular formula is C19H23NO3. The van der Waals surface area contributed by atoms with Crippen LogP contribution in [0.5, 0.6) is 11.5 Å². The van der Waals surface area contributed by atoms with Crippen molar-refractivity contribution in [3.63, 3.8) is 0 Å². The summed E-state index contributed by atoms with van der Waals surface area (Å²) in [6.45, 7) is 2.02. The van der Waals surface area contributed by atoms with Crippen molar-refractivity contribution in [1.82, 2.24) is 5.32 Å². The fourth-order valence-corrected chi connectivity index (χ4v) is 2.38. The highest BCUT2D eigenvalue weighted by atomic mass is 16.5. The number of hydrogen-bond acceptors (Lipinski definition) is 3. The minimum Gasteiger partial charge on any atom is -0.493 e. The summed E-state index contributed by atoms with van der Waals surface area (Å²) in [5.74, 6) is 1.06. The van der Waals surface area contributed by atoms with Crippen LogP contribution in [0.1, 0.15) is 29.3 Å². The summed E-state index contributed by atoms with van der Waals surface area (Å²) in [5.41, 5.74) is 1.84. The highest BCUT2D eigenvalue weighted by molar-refractivity contribution is 5.95. The molecule has 0 radical (unpaired) electrons. The van der Waals surface area contributed by atoms with Gasteiger partial charge in [-0.3, -0.25) is 4.79 Å². The van der Waals surface area contributed by atoms with Crippen LogP contribution in [-0.2, 0) is 6.42 Å². The van der Waals surface area contributed by atoms with Gasteiger partial charge >= 0.3 is 0 Å². The molecule has 0 bridgehead atoms. The summed E-state index contributed by atoms with van der Waals surface area (Å²) in [6.07, 6.45) is 1.83. The third-order valence-electron chi connectivity index (χ3n) is 3.73. The maximum absolute atomic E-state index is 12.3. The van der Waals surface area contributed by atoms with Crippen molar-refractivity contribution in [3.05, 3.63) is 59.7 Å². The first-order chi connectivity index (χ1) is 11.1. The van der Waals surface area contributed by atoms with E-state index in [1.54, 1.807) is 32.4 Å². The van der Waals surface area contributed by atoms with Crippen LogP contribution in [0.15, 0.2) is 48.5 Å². The summed E-state index contributed by atoms with van der Waals surface area (Å²) in [6, 6.07) is 15.5. The molecule has 4 nitrogen and oxygen atoms in total. The number of hydrogen-bond donors (Lipinski definition) is 1. The molecule has 0 heterocycles. The molecule has 23 heavy (non-hydrogen) atoms. The van der Waals surface area contributed by atoms with Gasteiger partial charge in [0.25, 0.3) is 5.91 Å². The summed E-state index contributed by atoms with van der Waals surface area (Å²) >= 11 is 0. The molecule has 0 aliphatic carbocycles. The van der Waals surface area contributed by atoms with Crippen molar-refractivity contribution < 1.29 is 14.3 Å². The molecule has 2 rings (SSSR count). The second-order valence-electron chi connectivity index (χ2n) is 5.47. The van der Waals surface area contributed by atoms with Gasteiger partial charge in [0.15, 0.2) is 11.5 Å². The van der Waals surface area contributed by atoms with Crippen LogP contribution < -0.4 is 14.8 Å². The Morgan fingerprint density at radius 2 is 1.74 bits per heavy atom. The average molecular weight is 313 g/mol. The average Bonchev–Trinajstić information content (AvgIpc) is 2.60. The van der Waals surface area contributed by atoms with Crippen molar-refractivity contribution in [1.29, 1.82) is 0 Å². The molecule has 1 amide bonds. The highest BCUT2D eigenvalue weighted by Crippen LogP contribution is 2.27. The summed E-state index contributed by atoms with van der Waals surface area (Å²) in [4.78, 5) is 12.3. The number of carbonyl (C=O) groups excluding carboxylic acids is 1. The van der Waals surface area contributed by atoms with E-state index in [4.69, 9.17) is 9.47 Å². The fraction of sp³-hybridized carbons (Fsp3) is 0.316. The Bertz CT molecular complexity index is 640. The third kappa shape index (κ3) is 4.74. The number of carbonyl (C=O) groups is 1. The molecule has 1 atom stereocenters. The fourth-order valence-electron chi connectivity index (χ4n) is 2.38. The van der Waals surface area contributed by atoms with Gasteiger partial charge in [-0.15, -0.1) is 0 Å². The third-order valence-corrected chi connectivity index (χ3v) is 3.73. The van der Waals surface area contributed by atoms with Gasteiger partial charge in [0.2, 0.25) is 0 Å². The van der Waals surface area contributed by atoms with Gasteiger partial charge in [-0.2, -0.15) is 0 Å². The van der Waals surface area contributed by atoms with Gasteiger partial charge in [-0.05, 0) is 43.5 Å². The Morgan fingerprint density at radius 3 is 2.39 bits per heavy atom. The van der Waals surface area contributed by atoms with Gasteiger partial charge < -0.3 is 14.8 Å². The Balaban J connectivity index is 1.93. The molecule has 0 spiro atoms. The van der Waals surface area contributed by atoms with Crippen molar-refractivity contribution in [2.24, 2.45) is 0 Å². The number of rotatable bonds is 7. The SMILES string of the molecule is COc1ccc(C(=O)N[C@@H](C)CCc2ccccc2)cc1OC. The molecule has 0 aliphatic rings. The molecule has 1 N–H and O–H groups in total. The smallest absolute Gasteiger partial charge is 0.251 e. The van der Waals surface area contributed by atoms with Crippen LogP contribution >= 0.6 is 0 Å². The van der Waals surface area contributed by atoms with Crippen LogP contribution in [-0.4, -0.2) is 26.2 Å². The van der Waals surface area contributed by atoms with E-state index >= 15 is 0 Å². The standard InChI is InChI=1S/C19H23NO3/c1-14(9-10-15-7-5-4-6-8-15)20-19(21)16-11-12-17(22-2)18(13-16)23-3/h4-8,11-14H,9-10H2,1-3H3,(H,20,21)/t14-/m0/s1. The first-order valence-electron chi connectivity index (χ1n) is 7.71. The molecule has 4 heteroatoms. The van der Waals surface area contributed by atoms with E-state index in [2.05, 4.69) is 17.4 Å². The molecule has 0 unspecified atom stereocenters. The quantitative estimate of drug-likeness (QED) is 0.851. The van der Waals surface area contributed by atoms with E-state index in [-0.39, 0.29) is 11.9 Å². The van der Waals surface area contributed by atoms with Gasteiger partial charge in [0, 0.05) is 11.6 Å². The maximum Gasteiger partial charge on any atom is 0.251 e. The zero-order valence-electron chi connectivity index (χ0n) is 13.8. The molecule has 0 aliphatic heterocycles. The second-order valence-corrected chi connectivity index (χ2v) is 5.47. The minimum atomic E-state index is -0.105. The summed E-state index contributed by atoms with van der Waals surface area (Å²) < 4.78 is 10.4. The highest BCUT2D eigenvalue weighted by Gasteiger charge is 2.13. The number of benzene rings is 2. The van der Waals surface area contributed by atoms with Crippen LogP contribution in [0, 0.1) is 0 Å². The van der Waals surface area contributed by atoms with E-state index in [0.717, 1.165) is 12.8 Å². The van der Waals surface area contributed by atoms with E-state index in [9.17, 15) is 4.79 Å². The first kappa shape index (κ1) is 16.9. The van der Waals surface area contributed by atoms with Crippen molar-refractivity contribution in [3.8, 4) is 11.5 Å². The lowest BCUT2D eigenvalue weighted by Gasteiger charge is -2.15. The lowest BCUT2D eigenvalue weighted by Crippen LogP contribution is -2.32. The Hall–Kier alpha value is -2.49. The van der Waals surface area contributed by atoms with E-state index in [1.165, 1.54) is 5.56 Å². The number of methoxy groups -OCH3 is 2. The summed E-state index contributed by atoms with van der Waals surface area (Å²) in [7, 11) is 3.13. The second kappa shape index (κ2) is 8.22. The number of nitrogens with one attached hydrogen (secondary N) is 1. The van der Waals surface area contributed by atoms with E-state index in [0.29, 0.717) is 17.1 Å². The molecule has 0 aromatic heterocycles.